The lowest BCUT2D eigenvalue weighted by Gasteiger charge is -2.09. The van der Waals surface area contributed by atoms with Crippen molar-refractivity contribution in [1.82, 2.24) is 0 Å². The van der Waals surface area contributed by atoms with Gasteiger partial charge in [-0.25, -0.2) is 0 Å². The minimum Gasteiger partial charge on any atom is -0.436 e. The highest BCUT2D eigenvalue weighted by atomic mass is 16.6. The molecule has 0 aliphatic carbocycles. The third-order valence-corrected chi connectivity index (χ3v) is 3.51. The molecule has 124 valence electrons. The van der Waals surface area contributed by atoms with Gasteiger partial charge in [-0.1, -0.05) is 64.0 Å². The number of allylic oxidation sites excluding steroid dienone is 2. The van der Waals surface area contributed by atoms with E-state index in [1.54, 1.807) is 0 Å². The largest absolute Gasteiger partial charge is 0.436 e. The molecule has 21 heavy (non-hydrogen) atoms. The van der Waals surface area contributed by atoms with Crippen LogP contribution in [-0.2, 0) is 9.53 Å². The van der Waals surface area contributed by atoms with Gasteiger partial charge in [0.1, 0.15) is 0 Å². The molecule has 0 saturated carbocycles. The van der Waals surface area contributed by atoms with E-state index in [2.05, 4.69) is 23.8 Å². The first kappa shape index (κ1) is 20.2. The Morgan fingerprint density at radius 3 is 2.05 bits per heavy atom. The van der Waals surface area contributed by atoms with Crippen molar-refractivity contribution in [3.05, 3.63) is 12.2 Å². The van der Waals surface area contributed by atoms with E-state index in [9.17, 15) is 9.90 Å². The zero-order chi connectivity index (χ0) is 15.8. The number of rotatable bonds is 14. The number of ether oxygens (including phenoxy) is 1. The molecule has 0 amide bonds. The molecule has 3 nitrogen and oxygen atoms in total. The van der Waals surface area contributed by atoms with Crippen LogP contribution in [0.1, 0.15) is 90.9 Å². The molecule has 0 rings (SSSR count). The second-order valence-electron chi connectivity index (χ2n) is 5.73. The van der Waals surface area contributed by atoms with E-state index in [4.69, 9.17) is 0 Å². The van der Waals surface area contributed by atoms with Crippen LogP contribution in [-0.4, -0.2) is 17.4 Å². The highest BCUT2D eigenvalue weighted by Gasteiger charge is 2.05. The number of aliphatic hydroxyl groups is 1. The van der Waals surface area contributed by atoms with E-state index in [1.165, 1.54) is 64.7 Å². The van der Waals surface area contributed by atoms with Gasteiger partial charge >= 0.3 is 5.97 Å². The summed E-state index contributed by atoms with van der Waals surface area (Å²) in [6.45, 7) is 3.55. The zero-order valence-electron chi connectivity index (χ0n) is 14.0. The molecule has 3 heteroatoms. The van der Waals surface area contributed by atoms with E-state index in [0.29, 0.717) is 6.42 Å². The summed E-state index contributed by atoms with van der Waals surface area (Å²) in [5, 5.41) is 9.35. The number of esters is 1. The van der Waals surface area contributed by atoms with Crippen molar-refractivity contribution >= 4 is 5.97 Å². The van der Waals surface area contributed by atoms with Crippen LogP contribution in [0, 0.1) is 0 Å². The zero-order valence-corrected chi connectivity index (χ0v) is 14.0. The van der Waals surface area contributed by atoms with Gasteiger partial charge in [-0.05, 0) is 25.7 Å². The first-order valence-corrected chi connectivity index (χ1v) is 8.67. The Morgan fingerprint density at radius 1 is 0.952 bits per heavy atom. The summed E-state index contributed by atoms with van der Waals surface area (Å²) in [7, 11) is 0. The molecule has 0 spiro atoms. The fourth-order valence-electron chi connectivity index (χ4n) is 2.27. The first-order valence-electron chi connectivity index (χ1n) is 8.67. The average molecular weight is 298 g/mol. The van der Waals surface area contributed by atoms with Crippen LogP contribution in [0.2, 0.25) is 0 Å². The summed E-state index contributed by atoms with van der Waals surface area (Å²) < 4.78 is 4.67. The molecule has 1 atom stereocenters. The van der Waals surface area contributed by atoms with E-state index in [0.717, 1.165) is 12.8 Å². The van der Waals surface area contributed by atoms with Gasteiger partial charge in [-0.3, -0.25) is 4.79 Å². The second kappa shape index (κ2) is 15.6. The summed E-state index contributed by atoms with van der Waals surface area (Å²) in [6.07, 6.45) is 17.7. The Labute approximate surface area is 130 Å². The average Bonchev–Trinajstić information content (AvgIpc) is 2.43. The molecule has 0 heterocycles. The van der Waals surface area contributed by atoms with Crippen LogP contribution in [0.15, 0.2) is 12.2 Å². The van der Waals surface area contributed by atoms with Crippen LogP contribution in [0.5, 0.6) is 0 Å². The standard InChI is InChI=1S/C18H34O3/c1-3-4-5-6-7-8-9-10-11-12-13-14-15-16-18(20)21-17(2)19/h6-7,18,20H,3-5,8-16H2,1-2H3/b7-6+/t18-/m0/s1. The number of carbonyl (C=O) groups is 1. The molecule has 0 aromatic rings. The summed E-state index contributed by atoms with van der Waals surface area (Å²) >= 11 is 0. The molecule has 0 aliphatic rings. The fraction of sp³-hybridized carbons (Fsp3) is 0.833. The molecule has 0 aromatic carbocycles. The molecule has 0 radical (unpaired) electrons. The third kappa shape index (κ3) is 17.1. The smallest absolute Gasteiger partial charge is 0.304 e. The minimum atomic E-state index is -0.915. The van der Waals surface area contributed by atoms with E-state index < -0.39 is 12.3 Å². The van der Waals surface area contributed by atoms with Crippen molar-refractivity contribution in [1.29, 1.82) is 0 Å². The Balaban J connectivity index is 3.15. The fourth-order valence-corrected chi connectivity index (χ4v) is 2.27. The van der Waals surface area contributed by atoms with E-state index >= 15 is 0 Å². The predicted molar refractivity (Wildman–Crippen MR) is 88.0 cm³/mol. The lowest BCUT2D eigenvalue weighted by Crippen LogP contribution is -2.14. The maximum absolute atomic E-state index is 10.6. The Hall–Kier alpha value is -0.830. The number of carbonyl (C=O) groups excluding carboxylic acids is 1. The Bertz CT molecular complexity index is 261. The van der Waals surface area contributed by atoms with Crippen molar-refractivity contribution in [2.75, 3.05) is 0 Å². The van der Waals surface area contributed by atoms with Gasteiger partial charge < -0.3 is 9.84 Å². The SMILES string of the molecule is CCCC/C=C/CCCCCCCCC[C@@H](O)OC(C)=O. The quantitative estimate of drug-likeness (QED) is 0.209. The van der Waals surface area contributed by atoms with Crippen molar-refractivity contribution in [3.63, 3.8) is 0 Å². The van der Waals surface area contributed by atoms with E-state index in [-0.39, 0.29) is 0 Å². The molecule has 0 unspecified atom stereocenters. The summed E-state index contributed by atoms with van der Waals surface area (Å²) in [5.74, 6) is -0.411. The monoisotopic (exact) mass is 298 g/mol. The molecule has 0 aromatic heterocycles. The van der Waals surface area contributed by atoms with Gasteiger partial charge in [-0.2, -0.15) is 0 Å². The maximum atomic E-state index is 10.6. The molecule has 0 aliphatic heterocycles. The molecular weight excluding hydrogens is 264 g/mol. The van der Waals surface area contributed by atoms with Crippen molar-refractivity contribution in [2.24, 2.45) is 0 Å². The molecule has 0 bridgehead atoms. The summed E-state index contributed by atoms with van der Waals surface area (Å²) in [6, 6.07) is 0. The molecule has 0 saturated heterocycles. The lowest BCUT2D eigenvalue weighted by atomic mass is 10.1. The third-order valence-electron chi connectivity index (χ3n) is 3.51. The Kier molecular flexibility index (Phi) is 14.9. The number of aliphatic hydroxyl groups excluding tert-OH is 1. The van der Waals surface area contributed by atoms with Crippen LogP contribution in [0.4, 0.5) is 0 Å². The van der Waals surface area contributed by atoms with Gasteiger partial charge in [0.2, 0.25) is 6.29 Å². The van der Waals surface area contributed by atoms with Gasteiger partial charge in [0.05, 0.1) is 0 Å². The summed E-state index contributed by atoms with van der Waals surface area (Å²) in [5.41, 5.74) is 0. The first-order chi connectivity index (χ1) is 10.2. The number of hydrogen-bond donors (Lipinski definition) is 1. The van der Waals surface area contributed by atoms with Crippen LogP contribution >= 0.6 is 0 Å². The van der Waals surface area contributed by atoms with Crippen LogP contribution in [0.25, 0.3) is 0 Å². The second-order valence-corrected chi connectivity index (χ2v) is 5.73. The van der Waals surface area contributed by atoms with Crippen LogP contribution < -0.4 is 0 Å². The maximum Gasteiger partial charge on any atom is 0.304 e. The lowest BCUT2D eigenvalue weighted by molar-refractivity contribution is -0.165. The number of unbranched alkanes of at least 4 members (excludes halogenated alkanes) is 9. The van der Waals surface area contributed by atoms with Gasteiger partial charge in [0.15, 0.2) is 0 Å². The van der Waals surface area contributed by atoms with Crippen molar-refractivity contribution < 1.29 is 14.6 Å². The van der Waals surface area contributed by atoms with E-state index in [1.807, 2.05) is 0 Å². The normalized spacial score (nSPS) is 12.7. The van der Waals surface area contributed by atoms with Gasteiger partial charge in [0, 0.05) is 13.3 Å². The minimum absolute atomic E-state index is 0.411. The highest BCUT2D eigenvalue weighted by Crippen LogP contribution is 2.11. The number of hydrogen-bond acceptors (Lipinski definition) is 3. The van der Waals surface area contributed by atoms with Crippen LogP contribution in [0.3, 0.4) is 0 Å². The van der Waals surface area contributed by atoms with Gasteiger partial charge in [0.25, 0.3) is 0 Å². The topological polar surface area (TPSA) is 46.5 Å². The Morgan fingerprint density at radius 2 is 1.48 bits per heavy atom. The van der Waals surface area contributed by atoms with Crippen molar-refractivity contribution in [2.45, 2.75) is 97.2 Å². The molecule has 1 N–H and O–H groups in total. The molecule has 0 fully saturated rings. The van der Waals surface area contributed by atoms with Crippen molar-refractivity contribution in [3.8, 4) is 0 Å². The molecular formula is C18H34O3. The predicted octanol–water partition coefficient (Wildman–Crippen LogP) is 5.13. The highest BCUT2D eigenvalue weighted by molar-refractivity contribution is 5.65. The summed E-state index contributed by atoms with van der Waals surface area (Å²) in [4.78, 5) is 10.6. The van der Waals surface area contributed by atoms with Gasteiger partial charge in [-0.15, -0.1) is 0 Å².